The van der Waals surface area contributed by atoms with E-state index in [4.69, 9.17) is 18.4 Å². The zero-order chi connectivity index (χ0) is 57.0. The number of hydrogen-bond donors (Lipinski definition) is 1. The second-order valence-electron chi connectivity index (χ2n) is 23.5. The minimum absolute atomic E-state index is 0.190. The molecule has 6 aliphatic carbocycles. The third-order valence-electron chi connectivity index (χ3n) is 17.4. The SMILES string of the molecule is COC1CCC(COS(C)(=O)=O)CC1.COC1CCC(Cn2c(=O)c3c(cnn3CC3CC3)n(C)c2=O)CC1.COC1CCC(Cn2c(=O)c3c(cnn3CC3CC3)n(C)c2=O)CC1.Cn1c(=O)[nH]c(=O)c2c1cnn2CC1CC1. The first-order chi connectivity index (χ1) is 38.3. The van der Waals surface area contributed by atoms with Gasteiger partial charge in [-0.2, -0.15) is 23.7 Å². The molecule has 12 rings (SSSR count). The van der Waals surface area contributed by atoms with Crippen molar-refractivity contribution in [1.82, 2.24) is 57.2 Å². The molecule has 0 aliphatic heterocycles. The van der Waals surface area contributed by atoms with Gasteiger partial charge in [0.25, 0.3) is 26.8 Å². The summed E-state index contributed by atoms with van der Waals surface area (Å²) in [6, 6.07) is 0. The van der Waals surface area contributed by atoms with Gasteiger partial charge in [-0.1, -0.05) is 0 Å². The van der Waals surface area contributed by atoms with Crippen molar-refractivity contribution in [2.24, 2.45) is 56.7 Å². The molecule has 6 heterocycles. The van der Waals surface area contributed by atoms with Gasteiger partial charge in [0.2, 0.25) is 0 Å². The van der Waals surface area contributed by atoms with Crippen molar-refractivity contribution >= 4 is 43.2 Å². The largest absolute Gasteiger partial charge is 0.381 e. The molecule has 6 aliphatic rings. The molecular weight excluding hydrogens is 1050 g/mol. The highest BCUT2D eigenvalue weighted by atomic mass is 32.2. The fourth-order valence-corrected chi connectivity index (χ4v) is 12.1. The lowest BCUT2D eigenvalue weighted by molar-refractivity contribution is 0.0488. The highest BCUT2D eigenvalue weighted by Crippen LogP contribution is 2.33. The smallest absolute Gasteiger partial charge is 0.331 e. The van der Waals surface area contributed by atoms with Gasteiger partial charge in [-0.15, -0.1) is 0 Å². The predicted octanol–water partition coefficient (Wildman–Crippen LogP) is 4.02. The van der Waals surface area contributed by atoms with E-state index in [1.54, 1.807) is 84.2 Å². The molecule has 0 bridgehead atoms. The van der Waals surface area contributed by atoms with E-state index in [-0.39, 0.29) is 28.1 Å². The Morgan fingerprint density at radius 1 is 0.463 bits per heavy atom. The van der Waals surface area contributed by atoms with E-state index in [1.807, 2.05) is 0 Å². The van der Waals surface area contributed by atoms with Gasteiger partial charge in [-0.3, -0.25) is 60.4 Å². The number of aromatic amines is 1. The summed E-state index contributed by atoms with van der Waals surface area (Å²) in [7, 11) is 7.03. The maximum Gasteiger partial charge on any atom is 0.331 e. The van der Waals surface area contributed by atoms with E-state index in [9.17, 15) is 37.2 Å². The minimum atomic E-state index is -3.27. The summed E-state index contributed by atoms with van der Waals surface area (Å²) in [6.45, 7) is 3.63. The van der Waals surface area contributed by atoms with Crippen LogP contribution in [0, 0.1) is 35.5 Å². The number of nitrogens with one attached hydrogen (secondary N) is 1. The van der Waals surface area contributed by atoms with E-state index in [0.717, 1.165) is 103 Å². The third kappa shape index (κ3) is 14.3. The van der Waals surface area contributed by atoms with Crippen LogP contribution < -0.4 is 33.7 Å². The Labute approximate surface area is 464 Å². The molecule has 0 spiro atoms. The Balaban J connectivity index is 0.000000133. The van der Waals surface area contributed by atoms with Crippen LogP contribution in [0.4, 0.5) is 0 Å². The number of aromatic nitrogens is 12. The number of fused-ring (bicyclic) bond motifs is 3. The first kappa shape index (κ1) is 58.9. The quantitative estimate of drug-likeness (QED) is 0.134. The van der Waals surface area contributed by atoms with Crippen LogP contribution in [0.2, 0.25) is 0 Å². The molecule has 1 N–H and O–H groups in total. The molecule has 0 atom stereocenters. The number of H-pyrrole nitrogens is 1. The molecule has 0 aromatic carbocycles. The molecule has 440 valence electrons. The summed E-state index contributed by atoms with van der Waals surface area (Å²) in [5.41, 5.74) is 1.89. The van der Waals surface area contributed by atoms with Crippen LogP contribution in [0.25, 0.3) is 33.1 Å². The monoisotopic (exact) mass is 1130 g/mol. The summed E-state index contributed by atoms with van der Waals surface area (Å²) in [5, 5.41) is 12.9. The van der Waals surface area contributed by atoms with Crippen LogP contribution in [0.15, 0.2) is 47.4 Å². The normalized spacial score (nSPS) is 23.3. The van der Waals surface area contributed by atoms with E-state index < -0.39 is 15.8 Å². The topological polar surface area (TPSA) is 267 Å². The number of rotatable bonds is 16. The summed E-state index contributed by atoms with van der Waals surface area (Å²) in [4.78, 5) is 76.9. The zero-order valence-corrected chi connectivity index (χ0v) is 48.4. The summed E-state index contributed by atoms with van der Waals surface area (Å²) >= 11 is 0. The van der Waals surface area contributed by atoms with Crippen molar-refractivity contribution in [3.63, 3.8) is 0 Å². The highest BCUT2D eigenvalue weighted by Gasteiger charge is 2.30. The highest BCUT2D eigenvalue weighted by molar-refractivity contribution is 7.85. The van der Waals surface area contributed by atoms with E-state index in [0.29, 0.717) is 107 Å². The average Bonchev–Trinajstić information content (AvgIpc) is 4.52. The Bertz CT molecular complexity index is 3440. The van der Waals surface area contributed by atoms with Crippen LogP contribution >= 0.6 is 0 Å². The summed E-state index contributed by atoms with van der Waals surface area (Å²) in [6.07, 6.45) is 26.1. The van der Waals surface area contributed by atoms with Gasteiger partial charge >= 0.3 is 17.1 Å². The Kier molecular flexibility index (Phi) is 18.8. The number of ether oxygens (including phenoxy) is 3. The second-order valence-corrected chi connectivity index (χ2v) is 25.1. The lowest BCUT2D eigenvalue weighted by Gasteiger charge is -2.27. The minimum Gasteiger partial charge on any atom is -0.381 e. The Morgan fingerprint density at radius 2 is 0.775 bits per heavy atom. The zero-order valence-electron chi connectivity index (χ0n) is 47.6. The van der Waals surface area contributed by atoms with Crippen LogP contribution in [-0.4, -0.2) is 118 Å². The lowest BCUT2D eigenvalue weighted by atomic mass is 9.87. The number of methoxy groups -OCH3 is 3. The molecule has 6 aromatic rings. The Hall–Kier alpha value is -5.76. The van der Waals surface area contributed by atoms with Crippen molar-refractivity contribution in [2.45, 2.75) is 167 Å². The molecule has 0 radical (unpaired) electrons. The Morgan fingerprint density at radius 3 is 1.11 bits per heavy atom. The number of nitrogens with zero attached hydrogens (tertiary/aromatic N) is 11. The van der Waals surface area contributed by atoms with Gasteiger partial charge < -0.3 is 14.2 Å². The standard InChI is InChI=1S/2C18H26N4O3.C10H12N4O2.C9H18O4S/c2*1-20-15-9-19-22(11-13-3-4-13)16(15)17(23)21(18(20)24)10-12-5-7-14(25-2)8-6-12;1-13-7-4-11-14(5-6-2-3-6)8(7)9(15)12-10(13)16;1-12-9-5-3-8(4-6-9)7-13-14(2,10)11/h2*9,12-14H,3-8,10-11H2,1-2H3;4,6H,2-3,5H2,1H3,(H,12,15,16);8-9H,3-7H2,1-2H3. The first-order valence-corrected chi connectivity index (χ1v) is 30.5. The molecule has 6 fully saturated rings. The third-order valence-corrected chi connectivity index (χ3v) is 17.9. The van der Waals surface area contributed by atoms with Crippen LogP contribution in [-0.2, 0) is 82.4 Å². The molecule has 80 heavy (non-hydrogen) atoms. The van der Waals surface area contributed by atoms with E-state index >= 15 is 0 Å². The van der Waals surface area contributed by atoms with Crippen molar-refractivity contribution in [2.75, 3.05) is 34.2 Å². The average molecular weight is 1140 g/mol. The molecular formula is C55H82N12O12S. The van der Waals surface area contributed by atoms with Gasteiger partial charge in [-0.05, 0) is 151 Å². The molecule has 6 saturated carbocycles. The second kappa shape index (κ2) is 25.6. The van der Waals surface area contributed by atoms with Crippen molar-refractivity contribution in [3.8, 4) is 0 Å². The molecule has 0 unspecified atom stereocenters. The van der Waals surface area contributed by atoms with Gasteiger partial charge in [0.05, 0.1) is 66.3 Å². The predicted molar refractivity (Wildman–Crippen MR) is 301 cm³/mol. The lowest BCUT2D eigenvalue weighted by Crippen LogP contribution is -2.41. The van der Waals surface area contributed by atoms with Crippen LogP contribution in [0.3, 0.4) is 0 Å². The van der Waals surface area contributed by atoms with Crippen molar-refractivity contribution in [1.29, 1.82) is 0 Å². The van der Waals surface area contributed by atoms with E-state index in [2.05, 4.69) is 20.3 Å². The molecule has 25 heteroatoms. The first-order valence-electron chi connectivity index (χ1n) is 28.7. The number of hydrogen-bond acceptors (Lipinski definition) is 15. The molecule has 0 saturated heterocycles. The summed E-state index contributed by atoms with van der Waals surface area (Å²) in [5.74, 6) is 2.97. The molecule has 0 amide bonds. The molecule has 6 aromatic heterocycles. The fraction of sp³-hybridized carbons (Fsp3) is 0.727. The number of aryl methyl sites for hydroxylation is 3. The van der Waals surface area contributed by atoms with Gasteiger partial charge in [-0.25, -0.2) is 14.4 Å². The van der Waals surface area contributed by atoms with Crippen molar-refractivity contribution < 1.29 is 26.8 Å². The maximum atomic E-state index is 13.0. The summed E-state index contributed by atoms with van der Waals surface area (Å²) < 4.78 is 55.0. The van der Waals surface area contributed by atoms with Gasteiger partial charge in [0.1, 0.15) is 0 Å². The van der Waals surface area contributed by atoms with Crippen LogP contribution in [0.1, 0.15) is 116 Å². The van der Waals surface area contributed by atoms with Crippen LogP contribution in [0.5, 0.6) is 0 Å². The van der Waals surface area contributed by atoms with Crippen molar-refractivity contribution in [3.05, 3.63) is 81.1 Å². The van der Waals surface area contributed by atoms with Gasteiger partial charge in [0, 0.05) is 75.2 Å². The fourth-order valence-electron chi connectivity index (χ4n) is 11.6. The molecule has 24 nitrogen and oxygen atoms in total. The maximum absolute atomic E-state index is 13.0. The van der Waals surface area contributed by atoms with Gasteiger partial charge in [0.15, 0.2) is 16.6 Å². The van der Waals surface area contributed by atoms with E-state index in [1.165, 1.54) is 52.2 Å².